The van der Waals surface area contributed by atoms with Crippen molar-refractivity contribution in [2.45, 2.75) is 39.9 Å². The fraction of sp³-hybridized carbons (Fsp3) is 0.350. The zero-order valence-corrected chi connectivity index (χ0v) is 16.9. The summed E-state index contributed by atoms with van der Waals surface area (Å²) in [6, 6.07) is 10.8. The predicted molar refractivity (Wildman–Crippen MR) is 108 cm³/mol. The van der Waals surface area contributed by atoms with E-state index in [0.717, 1.165) is 5.56 Å². The van der Waals surface area contributed by atoms with Crippen LogP contribution in [-0.2, 0) is 17.9 Å². The lowest BCUT2D eigenvalue weighted by Gasteiger charge is -2.15. The third-order valence-electron chi connectivity index (χ3n) is 4.35. The largest absolute Gasteiger partial charge is 0.459 e. The van der Waals surface area contributed by atoms with E-state index in [1.54, 1.807) is 17.7 Å². The third kappa shape index (κ3) is 4.79. The molecule has 0 radical (unpaired) electrons. The zero-order chi connectivity index (χ0) is 20.3. The van der Waals surface area contributed by atoms with E-state index in [-0.39, 0.29) is 31.0 Å². The highest BCUT2D eigenvalue weighted by atomic mass is 35.5. The third-order valence-corrected chi connectivity index (χ3v) is 4.58. The molecule has 28 heavy (non-hydrogen) atoms. The number of halogens is 1. The number of aromatic nitrogens is 3. The molecule has 0 aliphatic carbocycles. The molecule has 2 heterocycles. The van der Waals surface area contributed by atoms with E-state index in [1.807, 2.05) is 44.2 Å². The molecular weight excluding hydrogens is 378 g/mol. The van der Waals surface area contributed by atoms with Crippen molar-refractivity contribution in [1.29, 1.82) is 0 Å². The van der Waals surface area contributed by atoms with Crippen molar-refractivity contribution in [3.63, 3.8) is 0 Å². The first-order valence-electron chi connectivity index (χ1n) is 9.11. The maximum atomic E-state index is 12.4. The molecule has 0 saturated heterocycles. The van der Waals surface area contributed by atoms with E-state index in [2.05, 4.69) is 15.4 Å². The predicted octanol–water partition coefficient (Wildman–Crippen LogP) is 3.47. The van der Waals surface area contributed by atoms with Gasteiger partial charge in [0.2, 0.25) is 5.91 Å². The van der Waals surface area contributed by atoms with Gasteiger partial charge in [-0.05, 0) is 37.1 Å². The van der Waals surface area contributed by atoms with Crippen LogP contribution < -0.4 is 11.1 Å². The molecule has 0 bridgehead atoms. The van der Waals surface area contributed by atoms with Crippen LogP contribution >= 0.6 is 11.6 Å². The van der Waals surface area contributed by atoms with Gasteiger partial charge in [0.05, 0.1) is 12.6 Å². The summed E-state index contributed by atoms with van der Waals surface area (Å²) in [5.41, 5.74) is 7.07. The van der Waals surface area contributed by atoms with Crippen LogP contribution in [0.1, 0.15) is 37.3 Å². The highest BCUT2D eigenvalue weighted by molar-refractivity contribution is 6.30. The molecule has 0 aliphatic heterocycles. The van der Waals surface area contributed by atoms with Gasteiger partial charge < -0.3 is 15.5 Å². The lowest BCUT2D eigenvalue weighted by atomic mass is 10.1. The second-order valence-electron chi connectivity index (χ2n) is 7.00. The number of rotatable bonds is 7. The molecule has 3 aromatic rings. The van der Waals surface area contributed by atoms with Crippen LogP contribution in [0.3, 0.4) is 0 Å². The number of nitrogens with two attached hydrogens (primary N) is 1. The number of benzene rings is 1. The molecule has 1 atom stereocenters. The van der Waals surface area contributed by atoms with Crippen LogP contribution in [0.5, 0.6) is 0 Å². The first kappa shape index (κ1) is 20.1. The average molecular weight is 402 g/mol. The fourth-order valence-corrected chi connectivity index (χ4v) is 2.97. The minimum atomic E-state index is -0.278. The second kappa shape index (κ2) is 8.58. The van der Waals surface area contributed by atoms with Gasteiger partial charge in [-0.25, -0.2) is 9.67 Å². The van der Waals surface area contributed by atoms with Crippen molar-refractivity contribution in [3.8, 4) is 11.3 Å². The Bertz CT molecular complexity index is 963. The number of aryl methyl sites for hydroxylation is 1. The fourth-order valence-electron chi connectivity index (χ4n) is 2.78. The number of carbonyl (C=O) groups excluding carboxylic acids is 1. The quantitative estimate of drug-likeness (QED) is 0.631. The summed E-state index contributed by atoms with van der Waals surface area (Å²) in [4.78, 5) is 16.7. The number of nitrogens with one attached hydrogen (secondary N) is 1. The molecule has 148 valence electrons. The van der Waals surface area contributed by atoms with Crippen LogP contribution in [0, 0.1) is 12.8 Å². The number of carbonyl (C=O) groups is 1. The van der Waals surface area contributed by atoms with Gasteiger partial charge in [0.15, 0.2) is 0 Å². The Kier molecular flexibility index (Phi) is 6.16. The monoisotopic (exact) mass is 401 g/mol. The van der Waals surface area contributed by atoms with Gasteiger partial charge in [-0.3, -0.25) is 4.79 Å². The van der Waals surface area contributed by atoms with Crippen LogP contribution in [0.25, 0.3) is 11.3 Å². The second-order valence-corrected chi connectivity index (χ2v) is 7.43. The summed E-state index contributed by atoms with van der Waals surface area (Å²) in [6.45, 7) is 6.13. The van der Waals surface area contributed by atoms with Crippen molar-refractivity contribution in [2.24, 2.45) is 11.7 Å². The standard InChI is InChI=1S/C20H24ClN5O2/c1-12(2)19(22)20-24-13(3)25-26(20)11-18(27)23-10-16-7-8-17(28-16)14-5-4-6-15(21)9-14/h4-9,12,19H,10-11,22H2,1-3H3,(H,23,27)/t19-/m0/s1. The van der Waals surface area contributed by atoms with Crippen LogP contribution in [-0.4, -0.2) is 20.7 Å². The SMILES string of the molecule is Cc1nc([C@@H](N)C(C)C)n(CC(=O)NCc2ccc(-c3cccc(Cl)c3)o2)n1. The normalized spacial score (nSPS) is 12.4. The summed E-state index contributed by atoms with van der Waals surface area (Å²) >= 11 is 6.02. The average Bonchev–Trinajstić information content (AvgIpc) is 3.26. The summed E-state index contributed by atoms with van der Waals surface area (Å²) in [7, 11) is 0. The summed E-state index contributed by atoms with van der Waals surface area (Å²) in [6.07, 6.45) is 0. The van der Waals surface area contributed by atoms with Gasteiger partial charge in [-0.2, -0.15) is 5.10 Å². The Morgan fingerprint density at radius 2 is 2.11 bits per heavy atom. The van der Waals surface area contributed by atoms with Gasteiger partial charge in [0.1, 0.15) is 29.7 Å². The molecule has 0 spiro atoms. The van der Waals surface area contributed by atoms with Crippen molar-refractivity contribution < 1.29 is 9.21 Å². The number of furan rings is 1. The molecule has 3 rings (SSSR count). The maximum Gasteiger partial charge on any atom is 0.242 e. The first-order valence-corrected chi connectivity index (χ1v) is 9.49. The van der Waals surface area contributed by atoms with E-state index in [0.29, 0.717) is 28.2 Å². The van der Waals surface area contributed by atoms with E-state index >= 15 is 0 Å². The minimum absolute atomic E-state index is 0.0540. The Balaban J connectivity index is 1.61. The maximum absolute atomic E-state index is 12.4. The molecule has 0 saturated carbocycles. The number of hydrogen-bond donors (Lipinski definition) is 2. The number of nitrogens with zero attached hydrogens (tertiary/aromatic N) is 3. The topological polar surface area (TPSA) is 99.0 Å². The van der Waals surface area contributed by atoms with Crippen molar-refractivity contribution >= 4 is 17.5 Å². The van der Waals surface area contributed by atoms with Gasteiger partial charge in [-0.1, -0.05) is 37.6 Å². The smallest absolute Gasteiger partial charge is 0.242 e. The van der Waals surface area contributed by atoms with E-state index < -0.39 is 0 Å². The molecule has 2 aromatic heterocycles. The number of amides is 1. The van der Waals surface area contributed by atoms with Gasteiger partial charge in [0, 0.05) is 10.6 Å². The van der Waals surface area contributed by atoms with Gasteiger partial charge >= 0.3 is 0 Å². The Hall–Kier alpha value is -2.64. The van der Waals surface area contributed by atoms with Crippen LogP contribution in [0.15, 0.2) is 40.8 Å². The molecular formula is C20H24ClN5O2. The Morgan fingerprint density at radius 3 is 2.82 bits per heavy atom. The highest BCUT2D eigenvalue weighted by Gasteiger charge is 2.20. The molecule has 1 aromatic carbocycles. The van der Waals surface area contributed by atoms with E-state index in [4.69, 9.17) is 21.8 Å². The highest BCUT2D eigenvalue weighted by Crippen LogP contribution is 2.24. The van der Waals surface area contributed by atoms with E-state index in [9.17, 15) is 4.79 Å². The molecule has 7 nitrogen and oxygen atoms in total. The summed E-state index contributed by atoms with van der Waals surface area (Å²) in [5.74, 6) is 2.56. The molecule has 0 aliphatic rings. The zero-order valence-electron chi connectivity index (χ0n) is 16.1. The lowest BCUT2D eigenvalue weighted by molar-refractivity contribution is -0.122. The Labute approximate surface area is 168 Å². The lowest BCUT2D eigenvalue weighted by Crippen LogP contribution is -2.30. The Morgan fingerprint density at radius 1 is 1.32 bits per heavy atom. The molecule has 0 fully saturated rings. The van der Waals surface area contributed by atoms with E-state index in [1.165, 1.54) is 0 Å². The van der Waals surface area contributed by atoms with Crippen LogP contribution in [0.4, 0.5) is 0 Å². The molecule has 8 heteroatoms. The van der Waals surface area contributed by atoms with Crippen LogP contribution in [0.2, 0.25) is 5.02 Å². The summed E-state index contributed by atoms with van der Waals surface area (Å²) < 4.78 is 7.36. The summed E-state index contributed by atoms with van der Waals surface area (Å²) in [5, 5.41) is 7.77. The minimum Gasteiger partial charge on any atom is -0.459 e. The van der Waals surface area contributed by atoms with Crippen molar-refractivity contribution in [3.05, 3.63) is 58.8 Å². The van der Waals surface area contributed by atoms with Gasteiger partial charge in [0.25, 0.3) is 0 Å². The molecule has 1 amide bonds. The molecule has 3 N–H and O–H groups in total. The van der Waals surface area contributed by atoms with Gasteiger partial charge in [-0.15, -0.1) is 0 Å². The van der Waals surface area contributed by atoms with Crippen molar-refractivity contribution in [1.82, 2.24) is 20.1 Å². The first-order chi connectivity index (χ1) is 13.3. The molecule has 0 unspecified atom stereocenters. The number of hydrogen-bond acceptors (Lipinski definition) is 5. The van der Waals surface area contributed by atoms with Crippen molar-refractivity contribution in [2.75, 3.05) is 0 Å².